The van der Waals surface area contributed by atoms with E-state index in [2.05, 4.69) is 193 Å². The quantitative estimate of drug-likeness (QED) is 0.113. The number of hydrogen-bond acceptors (Lipinski definition) is 2. The van der Waals surface area contributed by atoms with Crippen LogP contribution in [0.2, 0.25) is 0 Å². The smallest absolute Gasteiger partial charge is 0.676 e. The van der Waals surface area contributed by atoms with E-state index >= 15 is 0 Å². The Hall–Kier alpha value is -2.72. The minimum absolute atomic E-state index is 0. The summed E-state index contributed by atoms with van der Waals surface area (Å²) >= 11 is 0. The average Bonchev–Trinajstić information content (AvgIpc) is 3.14. The first kappa shape index (κ1) is 50.4. The molecule has 0 aliphatic carbocycles. The van der Waals surface area contributed by atoms with E-state index in [1.54, 1.807) is 0 Å². The van der Waals surface area contributed by atoms with Crippen molar-refractivity contribution in [2.75, 3.05) is 36.0 Å². The molecule has 4 nitrogen and oxygen atoms in total. The molecule has 5 heteroatoms. The van der Waals surface area contributed by atoms with Gasteiger partial charge in [-0.2, -0.15) is 0 Å². The van der Waals surface area contributed by atoms with Crippen LogP contribution in [-0.4, -0.2) is 26.2 Å². The minimum Gasteiger partial charge on any atom is -0.676 e. The van der Waals surface area contributed by atoms with Crippen LogP contribution in [0.3, 0.4) is 0 Å². The maximum atomic E-state index is 8.10. The van der Waals surface area contributed by atoms with Crippen LogP contribution in [0.1, 0.15) is 203 Å². The molecule has 0 heterocycles. The fraction of sp³-hybridized carbons (Fsp3) is 0.538. The molecule has 0 aliphatic rings. The predicted molar refractivity (Wildman–Crippen MR) is 251 cm³/mol. The Morgan fingerprint density at radius 3 is 0.561 bits per heavy atom. The van der Waals surface area contributed by atoms with Gasteiger partial charge in [0.1, 0.15) is 0 Å². The molecule has 4 aromatic carbocycles. The van der Waals surface area contributed by atoms with Gasteiger partial charge in [0.25, 0.3) is 0 Å². The van der Waals surface area contributed by atoms with Crippen molar-refractivity contribution in [3.05, 3.63) is 129 Å². The van der Waals surface area contributed by atoms with Crippen LogP contribution in [0, 0.1) is 0 Å². The van der Waals surface area contributed by atoms with Gasteiger partial charge in [-0.05, 0) is 91.9 Å². The van der Waals surface area contributed by atoms with Crippen LogP contribution >= 0.6 is 0 Å². The largest absolute Gasteiger partial charge is 2.00 e. The average molecular weight is 850 g/mol. The van der Waals surface area contributed by atoms with E-state index in [1.165, 1.54) is 67.3 Å². The second-order valence-corrected chi connectivity index (χ2v) is 18.2. The minimum atomic E-state index is 0. The van der Waals surface area contributed by atoms with E-state index in [0.29, 0.717) is 73.5 Å². The summed E-state index contributed by atoms with van der Waals surface area (Å²) in [5.41, 5.74) is 32.6. The molecule has 0 atom stereocenters. The first-order valence-corrected chi connectivity index (χ1v) is 21.8. The van der Waals surface area contributed by atoms with Crippen molar-refractivity contribution < 1.29 is 26.2 Å². The number of nitrogens with zero attached hydrogens (tertiary/aromatic N) is 2. The van der Waals surface area contributed by atoms with E-state index in [1.807, 2.05) is 0 Å². The molecule has 0 spiro atoms. The van der Waals surface area contributed by atoms with Gasteiger partial charge < -0.3 is 21.3 Å². The Morgan fingerprint density at radius 2 is 0.456 bits per heavy atom. The summed E-state index contributed by atoms with van der Waals surface area (Å²) in [6.45, 7) is 38.6. The molecule has 0 aliphatic heterocycles. The Bertz CT molecular complexity index is 1450. The topological polar surface area (TPSA) is 54.1 Å². The second kappa shape index (κ2) is 23.2. The Balaban J connectivity index is 0.000000387. The van der Waals surface area contributed by atoms with Crippen LogP contribution in [0.4, 0.5) is 22.7 Å². The maximum absolute atomic E-state index is 8.10. The van der Waals surface area contributed by atoms with Crippen molar-refractivity contribution in [1.29, 1.82) is 0 Å². The van der Waals surface area contributed by atoms with Gasteiger partial charge in [0.2, 0.25) is 0 Å². The van der Waals surface area contributed by atoms with Crippen LogP contribution in [0.25, 0.3) is 11.5 Å². The van der Waals surface area contributed by atoms with E-state index in [-0.39, 0.29) is 26.2 Å². The third-order valence-corrected chi connectivity index (χ3v) is 11.1. The van der Waals surface area contributed by atoms with Gasteiger partial charge in [-0.25, -0.2) is 0 Å². The number of hydrogen-bond donors (Lipinski definition) is 0. The molecule has 0 saturated carbocycles. The number of benzene rings is 4. The standard InChI is InChI=1S/2C26H39N2.Zr/c2*1-17(2)21-11-9-12-22(18(3)4)25(21)28(16-15-27)26-23(19(5)6)13-10-14-24(26)20(7)8;/h2*9-14,17-20,27H,15-16H2,1-8H3;/q2*-1;+2. The number of nitrogens with one attached hydrogen (secondary N) is 2. The molecule has 57 heavy (non-hydrogen) atoms. The molecular weight excluding hydrogens is 772 g/mol. The van der Waals surface area contributed by atoms with Gasteiger partial charge in [0.15, 0.2) is 0 Å². The summed E-state index contributed by atoms with van der Waals surface area (Å²) in [6.07, 6.45) is 0. The van der Waals surface area contributed by atoms with E-state index in [9.17, 15) is 0 Å². The Morgan fingerprint density at radius 1 is 0.316 bits per heavy atom. The monoisotopic (exact) mass is 849 g/mol. The van der Waals surface area contributed by atoms with E-state index in [0.717, 1.165) is 0 Å². The zero-order valence-electron chi connectivity index (χ0n) is 38.8. The van der Waals surface area contributed by atoms with E-state index < -0.39 is 0 Å². The van der Waals surface area contributed by atoms with Crippen LogP contribution in [0.5, 0.6) is 0 Å². The summed E-state index contributed by atoms with van der Waals surface area (Å²) in [7, 11) is 0. The molecule has 0 radical (unpaired) electrons. The van der Waals surface area contributed by atoms with Crippen molar-refractivity contribution in [2.24, 2.45) is 0 Å². The molecule has 4 rings (SSSR count). The summed E-state index contributed by atoms with van der Waals surface area (Å²) in [5, 5.41) is 0. The molecule has 0 unspecified atom stereocenters. The molecule has 0 aromatic heterocycles. The third kappa shape index (κ3) is 12.2. The van der Waals surface area contributed by atoms with Gasteiger partial charge in [0, 0.05) is 35.8 Å². The molecular formula is C52H78N4Zr. The van der Waals surface area contributed by atoms with Crippen LogP contribution in [-0.2, 0) is 26.2 Å². The maximum Gasteiger partial charge on any atom is 2.00 e. The molecule has 2 N–H and O–H groups in total. The van der Waals surface area contributed by atoms with Crippen LogP contribution < -0.4 is 9.80 Å². The number of rotatable bonds is 16. The Labute approximate surface area is 369 Å². The normalized spacial score (nSPS) is 11.7. The summed E-state index contributed by atoms with van der Waals surface area (Å²) in [5.74, 6) is 3.52. The zero-order valence-corrected chi connectivity index (χ0v) is 41.2. The van der Waals surface area contributed by atoms with Crippen molar-refractivity contribution >= 4 is 22.7 Å². The second-order valence-electron chi connectivity index (χ2n) is 18.2. The van der Waals surface area contributed by atoms with Crippen molar-refractivity contribution in [1.82, 2.24) is 0 Å². The zero-order chi connectivity index (χ0) is 42.0. The van der Waals surface area contributed by atoms with Gasteiger partial charge >= 0.3 is 26.2 Å². The summed E-state index contributed by atoms with van der Waals surface area (Å²) in [4.78, 5) is 4.95. The third-order valence-electron chi connectivity index (χ3n) is 11.1. The number of anilines is 4. The molecule has 310 valence electrons. The number of para-hydroxylation sites is 4. The van der Waals surface area contributed by atoms with Gasteiger partial charge in [-0.1, -0.05) is 184 Å². The van der Waals surface area contributed by atoms with Crippen LogP contribution in [0.15, 0.2) is 72.8 Å². The summed E-state index contributed by atoms with van der Waals surface area (Å²) in [6, 6.07) is 27.0. The van der Waals surface area contributed by atoms with Crippen molar-refractivity contribution in [3.63, 3.8) is 0 Å². The van der Waals surface area contributed by atoms with Gasteiger partial charge in [-0.3, -0.25) is 0 Å². The van der Waals surface area contributed by atoms with Gasteiger partial charge in [0.05, 0.1) is 0 Å². The predicted octanol–water partition coefficient (Wildman–Crippen LogP) is 16.7. The molecule has 0 amide bonds. The molecule has 0 saturated heterocycles. The fourth-order valence-electron chi connectivity index (χ4n) is 8.19. The van der Waals surface area contributed by atoms with Gasteiger partial charge in [-0.15, -0.1) is 13.1 Å². The molecule has 0 fully saturated rings. The molecule has 4 aromatic rings. The van der Waals surface area contributed by atoms with Crippen molar-refractivity contribution in [2.45, 2.75) is 158 Å². The van der Waals surface area contributed by atoms with E-state index in [4.69, 9.17) is 11.5 Å². The van der Waals surface area contributed by atoms with Crippen molar-refractivity contribution in [3.8, 4) is 0 Å². The SMILES string of the molecule is CC(C)c1cccc(C(C)C)c1N(CC[NH-])c1c(C(C)C)cccc1C(C)C.CC(C)c1cccc(C(C)C)c1N(CC[NH-])c1c(C(C)C)cccc1C(C)C.[Zr+2]. The molecule has 0 bridgehead atoms. The Kier molecular flexibility index (Phi) is 20.5. The fourth-order valence-corrected chi connectivity index (χ4v) is 8.19. The first-order chi connectivity index (χ1) is 26.4. The summed E-state index contributed by atoms with van der Waals surface area (Å²) < 4.78 is 0. The first-order valence-electron chi connectivity index (χ1n) is 21.8.